The summed E-state index contributed by atoms with van der Waals surface area (Å²) in [7, 11) is 0. The van der Waals surface area contributed by atoms with E-state index < -0.39 is 0 Å². The highest BCUT2D eigenvalue weighted by molar-refractivity contribution is 6.22. The number of hydrogen-bond donors (Lipinski definition) is 0. The molecule has 0 N–H and O–H groups in total. The molecule has 264 valence electrons. The van der Waals surface area contributed by atoms with Crippen LogP contribution in [0.2, 0.25) is 0 Å². The number of furan rings is 1. The minimum atomic E-state index is 0.909. The molecule has 0 saturated heterocycles. The van der Waals surface area contributed by atoms with Crippen LogP contribution in [0.4, 0.5) is 17.1 Å². The van der Waals surface area contributed by atoms with Gasteiger partial charge in [0.25, 0.3) is 0 Å². The summed E-state index contributed by atoms with van der Waals surface area (Å²) in [5.74, 6) is 0. The van der Waals surface area contributed by atoms with Crippen molar-refractivity contribution in [3.63, 3.8) is 0 Å². The summed E-state index contributed by atoms with van der Waals surface area (Å²) < 4.78 is 6.23. The molecule has 0 atom stereocenters. The molecule has 1 aromatic heterocycles. The van der Waals surface area contributed by atoms with E-state index in [-0.39, 0.29) is 0 Å². The molecule has 0 bridgehead atoms. The first-order valence-electron chi connectivity index (χ1n) is 19.3. The first-order chi connectivity index (χ1) is 27.6. The summed E-state index contributed by atoms with van der Waals surface area (Å²) >= 11 is 0. The van der Waals surface area contributed by atoms with Crippen molar-refractivity contribution in [2.45, 2.75) is 13.8 Å². The Balaban J connectivity index is 1.12. The second-order valence-electron chi connectivity index (χ2n) is 14.9. The first kappa shape index (κ1) is 32.3. The van der Waals surface area contributed by atoms with E-state index in [2.05, 4.69) is 195 Å². The van der Waals surface area contributed by atoms with Gasteiger partial charge in [-0.25, -0.2) is 0 Å². The topological polar surface area (TPSA) is 16.4 Å². The van der Waals surface area contributed by atoms with Crippen molar-refractivity contribution in [3.05, 3.63) is 199 Å². The Morgan fingerprint density at radius 3 is 1.27 bits per heavy atom. The zero-order valence-electron chi connectivity index (χ0n) is 31.3. The lowest BCUT2D eigenvalue weighted by atomic mass is 9.85. The van der Waals surface area contributed by atoms with Crippen molar-refractivity contribution in [1.29, 1.82) is 0 Å². The molecule has 11 rings (SSSR count). The number of benzene rings is 10. The van der Waals surface area contributed by atoms with Crippen molar-refractivity contribution in [1.82, 2.24) is 0 Å². The largest absolute Gasteiger partial charge is 0.456 e. The van der Waals surface area contributed by atoms with Crippen LogP contribution in [0.1, 0.15) is 11.1 Å². The van der Waals surface area contributed by atoms with E-state index in [9.17, 15) is 0 Å². The van der Waals surface area contributed by atoms with Gasteiger partial charge in [0.1, 0.15) is 11.2 Å². The highest BCUT2D eigenvalue weighted by Gasteiger charge is 2.21. The molecule has 0 aliphatic rings. The predicted octanol–water partition coefficient (Wildman–Crippen LogP) is 15.6. The summed E-state index contributed by atoms with van der Waals surface area (Å²) in [5.41, 5.74) is 12.7. The van der Waals surface area contributed by atoms with E-state index in [0.29, 0.717) is 0 Å². The first-order valence-corrected chi connectivity index (χ1v) is 19.3. The van der Waals surface area contributed by atoms with Crippen LogP contribution in [-0.2, 0) is 0 Å². The van der Waals surface area contributed by atoms with Gasteiger partial charge in [0.15, 0.2) is 0 Å². The number of aryl methyl sites for hydroxylation is 2. The van der Waals surface area contributed by atoms with Crippen LogP contribution in [0.5, 0.6) is 0 Å². The minimum Gasteiger partial charge on any atom is -0.456 e. The van der Waals surface area contributed by atoms with Crippen LogP contribution in [-0.4, -0.2) is 0 Å². The molecule has 0 spiro atoms. The Hall–Kier alpha value is -7.16. The van der Waals surface area contributed by atoms with Gasteiger partial charge < -0.3 is 9.32 Å². The minimum absolute atomic E-state index is 0.909. The van der Waals surface area contributed by atoms with Crippen molar-refractivity contribution in [2.75, 3.05) is 4.90 Å². The van der Waals surface area contributed by atoms with Gasteiger partial charge in [0.05, 0.1) is 11.4 Å². The summed E-state index contributed by atoms with van der Waals surface area (Å²) in [6.45, 7) is 4.40. The standard InChI is InChI=1S/C54H37NO/c1-34-23-30-49(41-15-5-3-13-39(34)41)55(50-31-24-35(2)40-14-4-6-16-42(40)50)38-28-25-36(26-29-38)53-44-18-7-9-20-46(44)54(47-21-10-8-19-45(47)53)37-27-32-52-48(33-37)43-17-11-12-22-51(43)56-52/h3-33H,1-2H3. The molecule has 0 saturated carbocycles. The highest BCUT2D eigenvalue weighted by atomic mass is 16.3. The maximum atomic E-state index is 6.23. The second kappa shape index (κ2) is 12.7. The molecule has 2 nitrogen and oxygen atoms in total. The van der Waals surface area contributed by atoms with E-state index >= 15 is 0 Å². The van der Waals surface area contributed by atoms with Gasteiger partial charge in [0.2, 0.25) is 0 Å². The predicted molar refractivity (Wildman–Crippen MR) is 239 cm³/mol. The van der Waals surface area contributed by atoms with Crippen molar-refractivity contribution in [2.24, 2.45) is 0 Å². The number of para-hydroxylation sites is 1. The Morgan fingerprint density at radius 1 is 0.321 bits per heavy atom. The molecular formula is C54H37NO. The van der Waals surface area contributed by atoms with Crippen LogP contribution in [0.3, 0.4) is 0 Å². The molecule has 0 aliphatic heterocycles. The fourth-order valence-corrected chi connectivity index (χ4v) is 9.07. The molecule has 11 aromatic rings. The molecule has 0 unspecified atom stereocenters. The summed E-state index contributed by atoms with van der Waals surface area (Å²) in [5, 5.41) is 12.2. The van der Waals surface area contributed by atoms with Crippen LogP contribution in [0, 0.1) is 13.8 Å². The van der Waals surface area contributed by atoms with E-state index in [1.54, 1.807) is 0 Å². The third-order valence-electron chi connectivity index (χ3n) is 11.7. The van der Waals surface area contributed by atoms with Gasteiger partial charge in [-0.2, -0.15) is 0 Å². The Morgan fingerprint density at radius 2 is 0.732 bits per heavy atom. The molecule has 0 radical (unpaired) electrons. The monoisotopic (exact) mass is 715 g/mol. The smallest absolute Gasteiger partial charge is 0.135 e. The maximum Gasteiger partial charge on any atom is 0.135 e. The summed E-state index contributed by atoms with van der Waals surface area (Å²) in [6.07, 6.45) is 0. The maximum absolute atomic E-state index is 6.23. The zero-order valence-corrected chi connectivity index (χ0v) is 31.3. The zero-order chi connectivity index (χ0) is 37.3. The SMILES string of the molecule is Cc1ccc(N(c2ccc(-c3c4ccccc4c(-c4ccc5oc6ccccc6c5c4)c4ccccc34)cc2)c2ccc(C)c3ccccc23)c2ccccc12. The van der Waals surface area contributed by atoms with Gasteiger partial charge >= 0.3 is 0 Å². The molecule has 2 heteroatoms. The summed E-state index contributed by atoms with van der Waals surface area (Å²) in [6, 6.07) is 68.6. The number of nitrogens with zero attached hydrogens (tertiary/aromatic N) is 1. The molecule has 0 fully saturated rings. The lowest BCUT2D eigenvalue weighted by Crippen LogP contribution is -2.11. The summed E-state index contributed by atoms with van der Waals surface area (Å²) in [4.78, 5) is 2.45. The third-order valence-corrected chi connectivity index (χ3v) is 11.7. The lowest BCUT2D eigenvalue weighted by molar-refractivity contribution is 0.669. The Kier molecular flexibility index (Phi) is 7.33. The van der Waals surface area contributed by atoms with Crippen molar-refractivity contribution in [3.8, 4) is 22.3 Å². The highest BCUT2D eigenvalue weighted by Crippen LogP contribution is 2.47. The van der Waals surface area contributed by atoms with Gasteiger partial charge in [-0.05, 0) is 122 Å². The second-order valence-corrected chi connectivity index (χ2v) is 14.9. The van der Waals surface area contributed by atoms with E-state index in [0.717, 1.165) is 39.0 Å². The average molecular weight is 716 g/mol. The fourth-order valence-electron chi connectivity index (χ4n) is 9.07. The van der Waals surface area contributed by atoms with Gasteiger partial charge in [-0.3, -0.25) is 0 Å². The molecule has 56 heavy (non-hydrogen) atoms. The van der Waals surface area contributed by atoms with Crippen LogP contribution >= 0.6 is 0 Å². The van der Waals surface area contributed by atoms with Crippen LogP contribution < -0.4 is 4.90 Å². The molecule has 1 heterocycles. The van der Waals surface area contributed by atoms with Crippen LogP contribution in [0.25, 0.3) is 87.3 Å². The quantitative estimate of drug-likeness (QED) is 0.165. The van der Waals surface area contributed by atoms with Crippen molar-refractivity contribution < 1.29 is 4.42 Å². The van der Waals surface area contributed by atoms with E-state index in [1.807, 2.05) is 12.1 Å². The third kappa shape index (κ3) is 4.96. The number of anilines is 3. The average Bonchev–Trinajstić information content (AvgIpc) is 3.63. The van der Waals surface area contributed by atoms with Crippen LogP contribution in [0.15, 0.2) is 192 Å². The van der Waals surface area contributed by atoms with Gasteiger partial charge in [-0.1, -0.05) is 146 Å². The van der Waals surface area contributed by atoms with Gasteiger partial charge in [0, 0.05) is 27.2 Å². The van der Waals surface area contributed by atoms with Gasteiger partial charge in [-0.15, -0.1) is 0 Å². The van der Waals surface area contributed by atoms with Crippen molar-refractivity contribution >= 4 is 82.1 Å². The number of hydrogen-bond acceptors (Lipinski definition) is 2. The molecular weight excluding hydrogens is 679 g/mol. The number of fused-ring (bicyclic) bond motifs is 7. The normalized spacial score (nSPS) is 11.8. The fraction of sp³-hybridized carbons (Fsp3) is 0.0370. The molecule has 0 aliphatic carbocycles. The van der Waals surface area contributed by atoms with E-state index in [4.69, 9.17) is 4.42 Å². The Labute approximate surface area is 325 Å². The lowest BCUT2D eigenvalue weighted by Gasteiger charge is -2.29. The molecule has 10 aromatic carbocycles. The number of rotatable bonds is 5. The molecule has 0 amide bonds. The van der Waals surface area contributed by atoms with E-state index in [1.165, 1.54) is 76.5 Å². The Bertz CT molecular complexity index is 3190.